The number of amides is 1. The number of aromatic hydroxyl groups is 1. The van der Waals surface area contributed by atoms with Crippen LogP contribution in [0.2, 0.25) is 0 Å². The SMILES string of the molecule is C=CC(=O)N1[C@H](C)CN(c2c(C#N)c(OC[C@@H]3CCCN3C)nc3c2CCN(c2c(O)cccc2F)C3)C[C@@H]1C. The van der Waals surface area contributed by atoms with E-state index in [0.29, 0.717) is 43.9 Å². The first-order valence-electron chi connectivity index (χ1n) is 13.9. The van der Waals surface area contributed by atoms with Gasteiger partial charge in [0.15, 0.2) is 0 Å². The number of hydrogen-bond acceptors (Lipinski definition) is 8. The van der Waals surface area contributed by atoms with Gasteiger partial charge in [-0.3, -0.25) is 4.79 Å². The third kappa shape index (κ3) is 5.06. The van der Waals surface area contributed by atoms with Crippen molar-refractivity contribution < 1.29 is 19.0 Å². The molecular formula is C30H37FN6O3. The summed E-state index contributed by atoms with van der Waals surface area (Å²) < 4.78 is 21.1. The van der Waals surface area contributed by atoms with Crippen molar-refractivity contribution >= 4 is 17.3 Å². The van der Waals surface area contributed by atoms with Gasteiger partial charge in [0.25, 0.3) is 0 Å². The van der Waals surface area contributed by atoms with Crippen molar-refractivity contribution in [3.8, 4) is 17.7 Å². The monoisotopic (exact) mass is 548 g/mol. The zero-order valence-electron chi connectivity index (χ0n) is 23.4. The lowest BCUT2D eigenvalue weighted by Crippen LogP contribution is -2.58. The van der Waals surface area contributed by atoms with Gasteiger partial charge in [0.05, 0.1) is 17.9 Å². The summed E-state index contributed by atoms with van der Waals surface area (Å²) in [5, 5.41) is 20.9. The summed E-state index contributed by atoms with van der Waals surface area (Å²) in [7, 11) is 2.07. The Labute approximate surface area is 235 Å². The van der Waals surface area contributed by atoms with Crippen molar-refractivity contribution in [3.63, 3.8) is 0 Å². The minimum Gasteiger partial charge on any atom is -0.506 e. The van der Waals surface area contributed by atoms with Crippen LogP contribution >= 0.6 is 0 Å². The highest BCUT2D eigenvalue weighted by Gasteiger charge is 2.37. The normalized spacial score (nSPS) is 23.1. The van der Waals surface area contributed by atoms with Crippen molar-refractivity contribution in [2.75, 3.05) is 49.6 Å². The van der Waals surface area contributed by atoms with Crippen LogP contribution in [0.5, 0.6) is 11.6 Å². The molecule has 3 atom stereocenters. The molecule has 10 heteroatoms. The van der Waals surface area contributed by atoms with E-state index in [-0.39, 0.29) is 47.9 Å². The number of pyridine rings is 1. The maximum atomic E-state index is 14.8. The summed E-state index contributed by atoms with van der Waals surface area (Å²) in [4.78, 5) is 25.4. The van der Waals surface area contributed by atoms with Crippen LogP contribution < -0.4 is 14.5 Å². The number of likely N-dealkylation sites (tertiary alicyclic amines) is 1. The van der Waals surface area contributed by atoms with Gasteiger partial charge in [0, 0.05) is 43.3 Å². The predicted molar refractivity (Wildman–Crippen MR) is 151 cm³/mol. The second-order valence-electron chi connectivity index (χ2n) is 11.1. The minimum atomic E-state index is -0.497. The zero-order valence-corrected chi connectivity index (χ0v) is 23.4. The van der Waals surface area contributed by atoms with Crippen molar-refractivity contribution in [1.82, 2.24) is 14.8 Å². The molecule has 1 aromatic heterocycles. The van der Waals surface area contributed by atoms with Crippen LogP contribution in [0, 0.1) is 17.1 Å². The number of nitriles is 1. The summed E-state index contributed by atoms with van der Waals surface area (Å²) in [5.74, 6) is -0.449. The van der Waals surface area contributed by atoms with Gasteiger partial charge in [-0.15, -0.1) is 0 Å². The largest absolute Gasteiger partial charge is 0.506 e. The Bertz CT molecular complexity index is 1310. The average Bonchev–Trinajstić information content (AvgIpc) is 3.34. The molecule has 1 N–H and O–H groups in total. The van der Waals surface area contributed by atoms with Crippen LogP contribution in [0.25, 0.3) is 0 Å². The second kappa shape index (κ2) is 11.3. The van der Waals surface area contributed by atoms with Crippen LogP contribution in [-0.4, -0.2) is 83.8 Å². The molecule has 4 heterocycles. The van der Waals surface area contributed by atoms with Gasteiger partial charge in [0.2, 0.25) is 11.8 Å². The van der Waals surface area contributed by atoms with Crippen LogP contribution in [0.4, 0.5) is 15.8 Å². The van der Waals surface area contributed by atoms with E-state index in [1.54, 1.807) is 4.90 Å². The Morgan fingerprint density at radius 3 is 2.62 bits per heavy atom. The first kappa shape index (κ1) is 27.7. The number of hydrogen-bond donors (Lipinski definition) is 1. The molecular weight excluding hydrogens is 511 g/mol. The van der Waals surface area contributed by atoms with Gasteiger partial charge in [-0.25, -0.2) is 9.37 Å². The number of halogens is 1. The standard InChI is InChI=1S/C30H37FN6O3/c1-5-27(39)37-19(2)15-36(16-20(37)3)28-22-11-13-35(29-24(31)9-6-10-26(29)38)17-25(22)33-30(23(28)14-32)40-18-21-8-7-12-34(21)4/h5-6,9-10,19-21,38H,1,7-8,11-13,15-18H2,2-4H3/t19-,20+,21-/m0/s1. The number of aromatic nitrogens is 1. The topological polar surface area (TPSA) is 96.2 Å². The van der Waals surface area contributed by atoms with E-state index in [0.717, 1.165) is 30.6 Å². The maximum Gasteiger partial charge on any atom is 0.246 e. The quantitative estimate of drug-likeness (QED) is 0.549. The summed E-state index contributed by atoms with van der Waals surface area (Å²) >= 11 is 0. The number of likely N-dealkylation sites (N-methyl/N-ethyl adjacent to an activating group) is 1. The van der Waals surface area contributed by atoms with Gasteiger partial charge < -0.3 is 29.4 Å². The first-order valence-corrected chi connectivity index (χ1v) is 13.9. The second-order valence-corrected chi connectivity index (χ2v) is 11.1. The fourth-order valence-corrected chi connectivity index (χ4v) is 6.51. The number of fused-ring (bicyclic) bond motifs is 1. The Morgan fingerprint density at radius 1 is 1.25 bits per heavy atom. The van der Waals surface area contributed by atoms with E-state index in [1.165, 1.54) is 24.3 Å². The lowest BCUT2D eigenvalue weighted by molar-refractivity contribution is -0.130. The van der Waals surface area contributed by atoms with Crippen molar-refractivity contribution in [1.29, 1.82) is 5.26 Å². The number of benzene rings is 1. The lowest BCUT2D eigenvalue weighted by Gasteiger charge is -2.46. The third-order valence-corrected chi connectivity index (χ3v) is 8.44. The Kier molecular flexibility index (Phi) is 7.86. The van der Waals surface area contributed by atoms with Crippen molar-refractivity contribution in [3.05, 3.63) is 53.5 Å². The Morgan fingerprint density at radius 2 is 2.00 bits per heavy atom. The number of piperazine rings is 1. The molecule has 3 aliphatic rings. The molecule has 0 bridgehead atoms. The molecule has 0 saturated carbocycles. The van der Waals surface area contributed by atoms with Gasteiger partial charge in [-0.2, -0.15) is 5.26 Å². The van der Waals surface area contributed by atoms with Crippen LogP contribution in [0.3, 0.4) is 0 Å². The fourth-order valence-electron chi connectivity index (χ4n) is 6.51. The number of carbonyl (C=O) groups excluding carboxylic acids is 1. The number of rotatable bonds is 6. The number of anilines is 2. The molecule has 2 saturated heterocycles. The molecule has 5 rings (SSSR count). The van der Waals surface area contributed by atoms with E-state index in [1.807, 2.05) is 18.7 Å². The Hall–Kier alpha value is -3.84. The molecule has 3 aliphatic heterocycles. The highest BCUT2D eigenvalue weighted by molar-refractivity contribution is 5.88. The number of para-hydroxylation sites is 1. The molecule has 40 heavy (non-hydrogen) atoms. The predicted octanol–water partition coefficient (Wildman–Crippen LogP) is 3.45. The fraction of sp³-hybridized carbons (Fsp3) is 0.500. The number of ether oxygens (including phenoxy) is 1. The van der Waals surface area contributed by atoms with Crippen LogP contribution in [0.15, 0.2) is 30.9 Å². The lowest BCUT2D eigenvalue weighted by atomic mass is 9.96. The van der Waals surface area contributed by atoms with Gasteiger partial charge in [-0.1, -0.05) is 12.6 Å². The molecule has 0 spiro atoms. The van der Waals surface area contributed by atoms with Gasteiger partial charge in [-0.05, 0) is 64.9 Å². The Balaban J connectivity index is 1.55. The van der Waals surface area contributed by atoms with E-state index < -0.39 is 5.82 Å². The molecule has 0 radical (unpaired) electrons. The molecule has 1 aromatic carbocycles. The van der Waals surface area contributed by atoms with E-state index in [2.05, 4.69) is 29.5 Å². The molecule has 0 aliphatic carbocycles. The summed E-state index contributed by atoms with van der Waals surface area (Å²) in [6.07, 6.45) is 3.98. The summed E-state index contributed by atoms with van der Waals surface area (Å²) in [6.45, 7) is 10.9. The van der Waals surface area contributed by atoms with E-state index in [9.17, 15) is 19.6 Å². The summed E-state index contributed by atoms with van der Waals surface area (Å²) in [5.41, 5.74) is 2.95. The first-order chi connectivity index (χ1) is 19.2. The van der Waals surface area contributed by atoms with Crippen LogP contribution in [0.1, 0.15) is 43.5 Å². The average molecular weight is 549 g/mol. The smallest absolute Gasteiger partial charge is 0.246 e. The van der Waals surface area contributed by atoms with Crippen molar-refractivity contribution in [2.45, 2.75) is 57.8 Å². The molecule has 2 fully saturated rings. The molecule has 1 amide bonds. The van der Waals surface area contributed by atoms with E-state index in [4.69, 9.17) is 9.72 Å². The number of nitrogens with zero attached hydrogens (tertiary/aromatic N) is 6. The highest BCUT2D eigenvalue weighted by atomic mass is 19.1. The molecule has 212 valence electrons. The number of phenols is 1. The van der Waals surface area contributed by atoms with Gasteiger partial charge in [0.1, 0.15) is 35.5 Å². The summed E-state index contributed by atoms with van der Waals surface area (Å²) in [6, 6.07) is 6.71. The molecule has 0 unspecified atom stereocenters. The third-order valence-electron chi connectivity index (χ3n) is 8.44. The zero-order chi connectivity index (χ0) is 28.6. The van der Waals surface area contributed by atoms with Crippen molar-refractivity contribution in [2.24, 2.45) is 0 Å². The number of carbonyl (C=O) groups is 1. The molecule has 9 nitrogen and oxygen atoms in total. The number of phenolic OH excluding ortho intramolecular Hbond substituents is 1. The molecule has 2 aromatic rings. The maximum absolute atomic E-state index is 14.8. The van der Waals surface area contributed by atoms with Crippen LogP contribution in [-0.2, 0) is 17.8 Å². The van der Waals surface area contributed by atoms with Gasteiger partial charge >= 0.3 is 0 Å². The highest BCUT2D eigenvalue weighted by Crippen LogP contribution is 2.40. The minimum absolute atomic E-state index is 0.100. The van der Waals surface area contributed by atoms with E-state index >= 15 is 0 Å².